The van der Waals surface area contributed by atoms with Crippen molar-refractivity contribution in [2.75, 3.05) is 0 Å². The summed E-state index contributed by atoms with van der Waals surface area (Å²) in [6.45, 7) is 5.24. The SMILES string of the molecule is C=C=Cc1cc(C)on1. The second kappa shape index (κ2) is 2.33. The van der Waals surface area contributed by atoms with Gasteiger partial charge in [-0.3, -0.25) is 0 Å². The van der Waals surface area contributed by atoms with E-state index in [-0.39, 0.29) is 0 Å². The maximum absolute atomic E-state index is 4.77. The maximum atomic E-state index is 4.77. The Morgan fingerprint density at radius 1 is 1.89 bits per heavy atom. The van der Waals surface area contributed by atoms with E-state index in [1.807, 2.05) is 13.0 Å². The molecule has 0 fully saturated rings. The average molecular weight is 121 g/mol. The Labute approximate surface area is 53.5 Å². The van der Waals surface area contributed by atoms with Crippen molar-refractivity contribution in [3.63, 3.8) is 0 Å². The Kier molecular flexibility index (Phi) is 1.52. The van der Waals surface area contributed by atoms with Gasteiger partial charge in [0.05, 0.1) is 0 Å². The third-order valence-corrected chi connectivity index (χ3v) is 0.896. The molecule has 0 spiro atoms. The molecule has 0 atom stereocenters. The van der Waals surface area contributed by atoms with E-state index in [1.165, 1.54) is 0 Å². The Hall–Kier alpha value is -1.27. The molecule has 0 aliphatic rings. The maximum Gasteiger partial charge on any atom is 0.134 e. The van der Waals surface area contributed by atoms with Crippen molar-refractivity contribution in [1.82, 2.24) is 5.16 Å². The summed E-state index contributed by atoms with van der Waals surface area (Å²) < 4.78 is 4.77. The average Bonchev–Trinajstić information content (AvgIpc) is 2.17. The van der Waals surface area contributed by atoms with Gasteiger partial charge in [0.1, 0.15) is 11.5 Å². The predicted octanol–water partition coefficient (Wildman–Crippen LogP) is 1.78. The molecule has 0 aliphatic heterocycles. The summed E-state index contributed by atoms with van der Waals surface area (Å²) in [5.41, 5.74) is 3.37. The van der Waals surface area contributed by atoms with Crippen LogP contribution in [-0.2, 0) is 0 Å². The number of aromatic nitrogens is 1. The van der Waals surface area contributed by atoms with E-state index < -0.39 is 0 Å². The van der Waals surface area contributed by atoms with Crippen molar-refractivity contribution in [2.45, 2.75) is 6.92 Å². The van der Waals surface area contributed by atoms with Crippen LogP contribution in [0.2, 0.25) is 0 Å². The molecule has 0 saturated heterocycles. The van der Waals surface area contributed by atoms with Gasteiger partial charge in [0.2, 0.25) is 0 Å². The second-order valence-corrected chi connectivity index (χ2v) is 1.71. The number of hydrogen-bond acceptors (Lipinski definition) is 2. The smallest absolute Gasteiger partial charge is 0.134 e. The first-order valence-electron chi connectivity index (χ1n) is 2.62. The van der Waals surface area contributed by atoms with Crippen molar-refractivity contribution >= 4 is 6.08 Å². The molecule has 0 aliphatic carbocycles. The molecule has 2 heteroatoms. The van der Waals surface area contributed by atoms with Crippen LogP contribution in [0.5, 0.6) is 0 Å². The molecule has 0 saturated carbocycles. The third kappa shape index (κ3) is 1.31. The van der Waals surface area contributed by atoms with Crippen molar-refractivity contribution in [2.24, 2.45) is 0 Å². The molecule has 0 amide bonds. The molecule has 1 heterocycles. The highest BCUT2D eigenvalue weighted by atomic mass is 16.5. The zero-order valence-corrected chi connectivity index (χ0v) is 5.22. The predicted molar refractivity (Wildman–Crippen MR) is 34.8 cm³/mol. The lowest BCUT2D eigenvalue weighted by atomic mass is 10.4. The fourth-order valence-electron chi connectivity index (χ4n) is 0.558. The molecule has 0 aromatic carbocycles. The van der Waals surface area contributed by atoms with Crippen LogP contribution in [0.3, 0.4) is 0 Å². The zero-order valence-electron chi connectivity index (χ0n) is 5.22. The molecule has 0 bridgehead atoms. The molecule has 0 N–H and O–H groups in total. The number of nitrogens with zero attached hydrogens (tertiary/aromatic N) is 1. The Bertz CT molecular complexity index is 243. The van der Waals surface area contributed by atoms with E-state index >= 15 is 0 Å². The summed E-state index contributed by atoms with van der Waals surface area (Å²) in [5.74, 6) is 0.802. The Morgan fingerprint density at radius 3 is 3.11 bits per heavy atom. The van der Waals surface area contributed by atoms with Crippen LogP contribution in [0.25, 0.3) is 6.08 Å². The van der Waals surface area contributed by atoms with E-state index in [0.717, 1.165) is 11.5 Å². The lowest BCUT2D eigenvalue weighted by molar-refractivity contribution is 0.396. The van der Waals surface area contributed by atoms with Crippen molar-refractivity contribution in [3.8, 4) is 0 Å². The summed E-state index contributed by atoms with van der Waals surface area (Å²) in [7, 11) is 0. The summed E-state index contributed by atoms with van der Waals surface area (Å²) in [6, 6.07) is 1.82. The monoisotopic (exact) mass is 121 g/mol. The van der Waals surface area contributed by atoms with Gasteiger partial charge >= 0.3 is 0 Å². The van der Waals surface area contributed by atoms with Gasteiger partial charge < -0.3 is 4.52 Å². The molecule has 0 unspecified atom stereocenters. The van der Waals surface area contributed by atoms with Crippen LogP contribution in [0.15, 0.2) is 22.9 Å². The fourth-order valence-corrected chi connectivity index (χ4v) is 0.558. The first-order chi connectivity index (χ1) is 4.33. The standard InChI is InChI=1S/C7H7NO/c1-3-4-7-5-6(2)9-8-7/h4-5H,1H2,2H3. The van der Waals surface area contributed by atoms with Gasteiger partial charge in [0.15, 0.2) is 0 Å². The van der Waals surface area contributed by atoms with Gasteiger partial charge in [-0.1, -0.05) is 11.7 Å². The topological polar surface area (TPSA) is 26.0 Å². The second-order valence-electron chi connectivity index (χ2n) is 1.71. The molecular formula is C7H7NO. The zero-order chi connectivity index (χ0) is 6.69. The molecule has 1 aromatic heterocycles. The highest BCUT2D eigenvalue weighted by molar-refractivity contribution is 5.42. The summed E-state index contributed by atoms with van der Waals surface area (Å²) in [5, 5.41) is 3.67. The largest absolute Gasteiger partial charge is 0.361 e. The van der Waals surface area contributed by atoms with Crippen LogP contribution >= 0.6 is 0 Å². The van der Waals surface area contributed by atoms with Crippen LogP contribution in [-0.4, -0.2) is 5.16 Å². The Morgan fingerprint density at radius 2 is 2.67 bits per heavy atom. The van der Waals surface area contributed by atoms with E-state index in [0.29, 0.717) is 0 Å². The van der Waals surface area contributed by atoms with Gasteiger partial charge in [-0.15, -0.1) is 5.73 Å². The normalized spacial score (nSPS) is 8.56. The minimum atomic E-state index is 0.766. The molecular weight excluding hydrogens is 114 g/mol. The lowest BCUT2D eigenvalue weighted by Crippen LogP contribution is -1.62. The van der Waals surface area contributed by atoms with Crippen molar-refractivity contribution < 1.29 is 4.52 Å². The van der Waals surface area contributed by atoms with Crippen LogP contribution < -0.4 is 0 Å². The minimum absolute atomic E-state index is 0.766. The fraction of sp³-hybridized carbons (Fsp3) is 0.143. The quantitative estimate of drug-likeness (QED) is 0.529. The highest BCUT2D eigenvalue weighted by Crippen LogP contribution is 2.01. The van der Waals surface area contributed by atoms with Crippen molar-refractivity contribution in [1.29, 1.82) is 0 Å². The number of aryl methyl sites for hydroxylation is 1. The molecule has 1 aromatic rings. The minimum Gasteiger partial charge on any atom is -0.361 e. The van der Waals surface area contributed by atoms with Gasteiger partial charge in [-0.2, -0.15) is 0 Å². The van der Waals surface area contributed by atoms with Gasteiger partial charge in [0.25, 0.3) is 0 Å². The van der Waals surface area contributed by atoms with Gasteiger partial charge in [-0.25, -0.2) is 0 Å². The van der Waals surface area contributed by atoms with E-state index in [2.05, 4.69) is 17.5 Å². The molecule has 1 rings (SSSR count). The molecule has 2 nitrogen and oxygen atoms in total. The highest BCUT2D eigenvalue weighted by Gasteiger charge is 1.91. The van der Waals surface area contributed by atoms with Crippen LogP contribution in [0, 0.1) is 6.92 Å². The number of hydrogen-bond donors (Lipinski definition) is 0. The Balaban J connectivity index is 2.97. The third-order valence-electron chi connectivity index (χ3n) is 0.896. The lowest BCUT2D eigenvalue weighted by Gasteiger charge is -1.68. The number of rotatable bonds is 1. The first kappa shape index (κ1) is 5.86. The van der Waals surface area contributed by atoms with Gasteiger partial charge in [0, 0.05) is 12.1 Å². The first-order valence-corrected chi connectivity index (χ1v) is 2.62. The van der Waals surface area contributed by atoms with E-state index in [1.54, 1.807) is 6.08 Å². The summed E-state index contributed by atoms with van der Waals surface area (Å²) >= 11 is 0. The van der Waals surface area contributed by atoms with Crippen LogP contribution in [0.4, 0.5) is 0 Å². The molecule has 0 radical (unpaired) electrons. The van der Waals surface area contributed by atoms with Crippen LogP contribution in [0.1, 0.15) is 11.5 Å². The molecule has 46 valence electrons. The van der Waals surface area contributed by atoms with Crippen molar-refractivity contribution in [3.05, 3.63) is 29.8 Å². The summed E-state index contributed by atoms with van der Waals surface area (Å²) in [6.07, 6.45) is 1.66. The van der Waals surface area contributed by atoms with E-state index in [9.17, 15) is 0 Å². The molecule has 9 heavy (non-hydrogen) atoms. The van der Waals surface area contributed by atoms with E-state index in [4.69, 9.17) is 4.52 Å². The van der Waals surface area contributed by atoms with Gasteiger partial charge in [-0.05, 0) is 6.92 Å². The summed E-state index contributed by atoms with van der Waals surface area (Å²) in [4.78, 5) is 0.